The molecule has 0 bridgehead atoms. The van der Waals surface area contributed by atoms with E-state index in [1.54, 1.807) is 7.05 Å². The van der Waals surface area contributed by atoms with Crippen molar-refractivity contribution in [2.24, 2.45) is 0 Å². The van der Waals surface area contributed by atoms with Crippen molar-refractivity contribution in [3.8, 4) is 0 Å². The molecule has 0 amide bonds. The molecule has 0 atom stereocenters. The lowest BCUT2D eigenvalue weighted by atomic mass is 10.2. The van der Waals surface area contributed by atoms with Crippen molar-refractivity contribution in [2.75, 3.05) is 12.5 Å². The molecule has 0 spiro atoms. The maximum Gasteiger partial charge on any atom is 0.109 e. The molecule has 0 saturated carbocycles. The largest absolute Gasteiger partial charge is 0.289 e. The standard InChI is InChI=1S/C9H13N3O/c1-8-3-5-9(6-4-8)11-13-12(2)7-10/h3-7,10-11H,1-2H3. The fourth-order valence-corrected chi connectivity index (χ4v) is 0.773. The Kier molecular flexibility index (Phi) is 3.28. The number of rotatable bonds is 4. The van der Waals surface area contributed by atoms with Crippen molar-refractivity contribution in [1.29, 1.82) is 5.41 Å². The first-order valence-corrected chi connectivity index (χ1v) is 3.95. The zero-order valence-corrected chi connectivity index (χ0v) is 7.74. The summed E-state index contributed by atoms with van der Waals surface area (Å²) in [6.45, 7) is 2.02. The number of anilines is 1. The van der Waals surface area contributed by atoms with Gasteiger partial charge in [-0.15, -0.1) is 0 Å². The molecule has 70 valence electrons. The Labute approximate surface area is 77.5 Å². The van der Waals surface area contributed by atoms with Gasteiger partial charge in [0, 0.05) is 7.05 Å². The number of nitrogens with zero attached hydrogens (tertiary/aromatic N) is 1. The molecule has 0 heterocycles. The second-order valence-electron chi connectivity index (χ2n) is 2.73. The number of hydrogen-bond acceptors (Lipinski definition) is 3. The Bertz CT molecular complexity index is 271. The molecular weight excluding hydrogens is 166 g/mol. The van der Waals surface area contributed by atoms with Crippen LogP contribution in [0.2, 0.25) is 0 Å². The van der Waals surface area contributed by atoms with E-state index < -0.39 is 0 Å². The van der Waals surface area contributed by atoms with Crippen molar-refractivity contribution >= 4 is 12.0 Å². The predicted molar refractivity (Wildman–Crippen MR) is 52.4 cm³/mol. The van der Waals surface area contributed by atoms with Gasteiger partial charge in [-0.25, -0.2) is 10.5 Å². The predicted octanol–water partition coefficient (Wildman–Crippen LogP) is 1.79. The van der Waals surface area contributed by atoms with Gasteiger partial charge >= 0.3 is 0 Å². The van der Waals surface area contributed by atoms with E-state index in [0.717, 1.165) is 12.0 Å². The van der Waals surface area contributed by atoms with Crippen LogP contribution in [0.3, 0.4) is 0 Å². The Hall–Kier alpha value is -1.55. The summed E-state index contributed by atoms with van der Waals surface area (Å²) in [4.78, 5) is 4.96. The number of hydrogen-bond donors (Lipinski definition) is 2. The molecule has 0 aromatic heterocycles. The van der Waals surface area contributed by atoms with Gasteiger partial charge in [-0.3, -0.25) is 5.41 Å². The highest BCUT2D eigenvalue weighted by atomic mass is 16.8. The first-order chi connectivity index (χ1) is 6.22. The molecule has 4 heteroatoms. The molecule has 0 unspecified atom stereocenters. The molecule has 1 rings (SSSR count). The Morgan fingerprint density at radius 2 is 2.00 bits per heavy atom. The average molecular weight is 179 g/mol. The molecule has 1 aromatic carbocycles. The molecule has 0 aliphatic carbocycles. The topological polar surface area (TPSA) is 48.4 Å². The van der Waals surface area contributed by atoms with Crippen LogP contribution in [0.5, 0.6) is 0 Å². The van der Waals surface area contributed by atoms with E-state index >= 15 is 0 Å². The van der Waals surface area contributed by atoms with Crippen LogP contribution in [0.4, 0.5) is 5.69 Å². The quantitative estimate of drug-likeness (QED) is 0.421. The average Bonchev–Trinajstić information content (AvgIpc) is 2.16. The SMILES string of the molecule is Cc1ccc(NON(C)C=N)cc1. The summed E-state index contributed by atoms with van der Waals surface area (Å²) in [7, 11) is 1.63. The van der Waals surface area contributed by atoms with Gasteiger partial charge in [-0.05, 0) is 19.1 Å². The van der Waals surface area contributed by atoms with Crippen molar-refractivity contribution < 1.29 is 4.94 Å². The summed E-state index contributed by atoms with van der Waals surface area (Å²) in [6.07, 6.45) is 1.07. The van der Waals surface area contributed by atoms with Crippen LogP contribution in [-0.2, 0) is 4.94 Å². The Morgan fingerprint density at radius 3 is 2.54 bits per heavy atom. The molecular formula is C9H13N3O. The summed E-state index contributed by atoms with van der Waals surface area (Å²) in [5.41, 5.74) is 4.76. The van der Waals surface area contributed by atoms with Crippen molar-refractivity contribution in [3.63, 3.8) is 0 Å². The summed E-state index contributed by atoms with van der Waals surface area (Å²) in [5.74, 6) is 0. The lowest BCUT2D eigenvalue weighted by Crippen LogP contribution is -2.19. The zero-order valence-electron chi connectivity index (χ0n) is 7.74. The Morgan fingerprint density at radius 1 is 1.38 bits per heavy atom. The van der Waals surface area contributed by atoms with Crippen LogP contribution in [-0.4, -0.2) is 18.4 Å². The molecule has 0 aliphatic rings. The highest BCUT2D eigenvalue weighted by Gasteiger charge is 1.92. The van der Waals surface area contributed by atoms with Crippen LogP contribution in [0, 0.1) is 12.3 Å². The van der Waals surface area contributed by atoms with Crippen LogP contribution < -0.4 is 5.48 Å². The lowest BCUT2D eigenvalue weighted by molar-refractivity contribution is -0.0386. The van der Waals surface area contributed by atoms with Crippen LogP contribution >= 0.6 is 0 Å². The highest BCUT2D eigenvalue weighted by Crippen LogP contribution is 2.08. The second-order valence-corrected chi connectivity index (χ2v) is 2.73. The van der Waals surface area contributed by atoms with Crippen LogP contribution in [0.25, 0.3) is 0 Å². The monoisotopic (exact) mass is 179 g/mol. The molecule has 0 fully saturated rings. The molecule has 0 radical (unpaired) electrons. The third-order valence-electron chi connectivity index (χ3n) is 1.54. The number of hydroxylamine groups is 2. The van der Waals surface area contributed by atoms with E-state index in [9.17, 15) is 0 Å². The van der Waals surface area contributed by atoms with E-state index in [0.29, 0.717) is 0 Å². The molecule has 4 nitrogen and oxygen atoms in total. The summed E-state index contributed by atoms with van der Waals surface area (Å²) in [5, 5.41) is 8.11. The van der Waals surface area contributed by atoms with Gasteiger partial charge in [0.1, 0.15) is 6.34 Å². The third kappa shape index (κ3) is 3.13. The van der Waals surface area contributed by atoms with Crippen molar-refractivity contribution in [2.45, 2.75) is 6.92 Å². The summed E-state index contributed by atoms with van der Waals surface area (Å²) in [6, 6.07) is 7.78. The van der Waals surface area contributed by atoms with Crippen LogP contribution in [0.1, 0.15) is 5.56 Å². The maximum atomic E-state index is 6.84. The summed E-state index contributed by atoms with van der Waals surface area (Å²) >= 11 is 0. The van der Waals surface area contributed by atoms with Crippen LogP contribution in [0.15, 0.2) is 24.3 Å². The molecule has 2 N–H and O–H groups in total. The number of benzene rings is 1. The second kappa shape index (κ2) is 4.47. The molecule has 0 aliphatic heterocycles. The highest BCUT2D eigenvalue weighted by molar-refractivity contribution is 5.48. The minimum atomic E-state index is 0.860. The van der Waals surface area contributed by atoms with Gasteiger partial charge in [0.2, 0.25) is 0 Å². The fraction of sp³-hybridized carbons (Fsp3) is 0.222. The van der Waals surface area contributed by atoms with E-state index in [1.807, 2.05) is 31.2 Å². The van der Waals surface area contributed by atoms with E-state index in [2.05, 4.69) is 5.48 Å². The summed E-state index contributed by atoms with van der Waals surface area (Å²) < 4.78 is 0. The zero-order chi connectivity index (χ0) is 9.68. The maximum absolute atomic E-state index is 6.84. The van der Waals surface area contributed by atoms with Crippen molar-refractivity contribution in [3.05, 3.63) is 29.8 Å². The number of nitrogens with one attached hydrogen (secondary N) is 2. The number of aryl methyl sites for hydroxylation is 1. The molecule has 13 heavy (non-hydrogen) atoms. The van der Waals surface area contributed by atoms with Gasteiger partial charge < -0.3 is 0 Å². The third-order valence-corrected chi connectivity index (χ3v) is 1.54. The smallest absolute Gasteiger partial charge is 0.109 e. The van der Waals surface area contributed by atoms with Gasteiger partial charge in [-0.1, -0.05) is 17.7 Å². The van der Waals surface area contributed by atoms with Gasteiger partial charge in [0.25, 0.3) is 0 Å². The molecule has 1 aromatic rings. The first-order valence-electron chi connectivity index (χ1n) is 3.95. The fourth-order valence-electron chi connectivity index (χ4n) is 0.773. The van der Waals surface area contributed by atoms with Crippen molar-refractivity contribution in [1.82, 2.24) is 5.06 Å². The Balaban J connectivity index is 2.45. The van der Waals surface area contributed by atoms with Gasteiger partial charge in [0.15, 0.2) is 0 Å². The first kappa shape index (κ1) is 9.54. The van der Waals surface area contributed by atoms with E-state index in [-0.39, 0.29) is 0 Å². The van der Waals surface area contributed by atoms with E-state index in [4.69, 9.17) is 10.3 Å². The van der Waals surface area contributed by atoms with Gasteiger partial charge in [0.05, 0.1) is 5.69 Å². The normalized spacial score (nSPS) is 9.38. The molecule has 0 saturated heterocycles. The van der Waals surface area contributed by atoms with Gasteiger partial charge in [-0.2, -0.15) is 4.94 Å². The van der Waals surface area contributed by atoms with E-state index in [1.165, 1.54) is 10.6 Å². The minimum absolute atomic E-state index is 0.860. The lowest BCUT2D eigenvalue weighted by Gasteiger charge is -2.12. The minimum Gasteiger partial charge on any atom is -0.289 e.